The molecule has 3 nitrogen and oxygen atoms in total. The molecule has 1 N–H and O–H groups in total. The minimum absolute atomic E-state index is 0.00257. The predicted octanol–water partition coefficient (Wildman–Crippen LogP) is 3.58. The van der Waals surface area contributed by atoms with Crippen LogP contribution in [0.5, 0.6) is 0 Å². The molecular weight excluding hydrogens is 362 g/mol. The molecule has 1 fully saturated rings. The zero-order valence-corrected chi connectivity index (χ0v) is 14.6. The van der Waals surface area contributed by atoms with Gasteiger partial charge in [-0.25, -0.2) is 8.42 Å². The van der Waals surface area contributed by atoms with Gasteiger partial charge in [-0.15, -0.1) is 0 Å². The summed E-state index contributed by atoms with van der Waals surface area (Å²) >= 11 is 9.77. The van der Waals surface area contributed by atoms with E-state index in [1.807, 2.05) is 18.2 Å². The van der Waals surface area contributed by atoms with E-state index in [1.165, 1.54) is 0 Å². The topological polar surface area (TPSA) is 46.2 Å². The Labute approximate surface area is 134 Å². The second kappa shape index (κ2) is 6.77. The van der Waals surface area contributed by atoms with Crippen LogP contribution < -0.4 is 5.32 Å². The van der Waals surface area contributed by atoms with E-state index in [0.717, 1.165) is 23.0 Å². The summed E-state index contributed by atoms with van der Waals surface area (Å²) in [5.74, 6) is 0.628. The number of rotatable bonds is 5. The first kappa shape index (κ1) is 16.3. The maximum Gasteiger partial charge on any atom is 0.150 e. The van der Waals surface area contributed by atoms with Gasteiger partial charge in [0.15, 0.2) is 9.84 Å². The second-order valence-corrected chi connectivity index (χ2v) is 8.81. The summed E-state index contributed by atoms with van der Waals surface area (Å²) in [6, 6.07) is 5.73. The Hall–Kier alpha value is -0.100. The van der Waals surface area contributed by atoms with Crippen molar-refractivity contribution >= 4 is 37.4 Å². The van der Waals surface area contributed by atoms with Gasteiger partial charge in [-0.05, 0) is 49.1 Å². The molecule has 2 unspecified atom stereocenters. The molecule has 0 aromatic heterocycles. The lowest BCUT2D eigenvalue weighted by Crippen LogP contribution is -2.30. The molecular formula is C14H19BrClNO2S. The summed E-state index contributed by atoms with van der Waals surface area (Å²) in [5, 5.41) is 4.15. The number of halogens is 2. The molecule has 1 aromatic carbocycles. The Kier molecular flexibility index (Phi) is 5.51. The Morgan fingerprint density at radius 3 is 2.85 bits per heavy atom. The van der Waals surface area contributed by atoms with Crippen molar-refractivity contribution in [1.82, 2.24) is 5.32 Å². The maximum absolute atomic E-state index is 11.7. The van der Waals surface area contributed by atoms with Crippen molar-refractivity contribution in [3.63, 3.8) is 0 Å². The first-order valence-electron chi connectivity index (χ1n) is 6.81. The molecule has 6 heteroatoms. The van der Waals surface area contributed by atoms with Crippen LogP contribution in [0.3, 0.4) is 0 Å². The molecule has 0 saturated carbocycles. The van der Waals surface area contributed by atoms with Crippen LogP contribution in [0.4, 0.5) is 0 Å². The van der Waals surface area contributed by atoms with Gasteiger partial charge in [-0.1, -0.05) is 34.5 Å². The van der Waals surface area contributed by atoms with E-state index in [4.69, 9.17) is 11.6 Å². The largest absolute Gasteiger partial charge is 0.310 e. The Balaban J connectivity index is 2.30. The van der Waals surface area contributed by atoms with Gasteiger partial charge >= 0.3 is 0 Å². The summed E-state index contributed by atoms with van der Waals surface area (Å²) in [6.45, 7) is 2.95. The summed E-state index contributed by atoms with van der Waals surface area (Å²) in [7, 11) is -2.89. The number of hydrogen-bond acceptors (Lipinski definition) is 3. The summed E-state index contributed by atoms with van der Waals surface area (Å²) in [4.78, 5) is 0. The van der Waals surface area contributed by atoms with Gasteiger partial charge in [-0.2, -0.15) is 0 Å². The molecule has 20 heavy (non-hydrogen) atoms. The van der Waals surface area contributed by atoms with Crippen molar-refractivity contribution in [1.29, 1.82) is 0 Å². The molecule has 1 aromatic rings. The van der Waals surface area contributed by atoms with E-state index in [-0.39, 0.29) is 23.5 Å². The van der Waals surface area contributed by atoms with Gasteiger partial charge in [-0.3, -0.25) is 0 Å². The average molecular weight is 381 g/mol. The molecule has 1 heterocycles. The van der Waals surface area contributed by atoms with Crippen LogP contribution in [0.15, 0.2) is 22.7 Å². The van der Waals surface area contributed by atoms with Gasteiger partial charge in [0.05, 0.1) is 11.5 Å². The quantitative estimate of drug-likeness (QED) is 0.849. The Morgan fingerprint density at radius 1 is 1.50 bits per heavy atom. The monoisotopic (exact) mass is 379 g/mol. The number of hydrogen-bond donors (Lipinski definition) is 1. The first-order valence-corrected chi connectivity index (χ1v) is 9.81. The van der Waals surface area contributed by atoms with Crippen molar-refractivity contribution in [2.75, 3.05) is 18.1 Å². The third-order valence-corrected chi connectivity index (χ3v) is 6.28. The lowest BCUT2D eigenvalue weighted by atomic mass is 9.92. The van der Waals surface area contributed by atoms with Gasteiger partial charge in [0.1, 0.15) is 0 Å². The third kappa shape index (κ3) is 3.97. The van der Waals surface area contributed by atoms with Crippen LogP contribution in [0.25, 0.3) is 0 Å². The van der Waals surface area contributed by atoms with E-state index in [9.17, 15) is 8.42 Å². The SMILES string of the molecule is CCCNC(c1cc(Br)ccc1Cl)C1CCS(=O)(=O)C1. The van der Waals surface area contributed by atoms with Crippen molar-refractivity contribution in [2.45, 2.75) is 25.8 Å². The predicted molar refractivity (Wildman–Crippen MR) is 86.9 cm³/mol. The normalized spacial score (nSPS) is 22.9. The molecule has 0 bridgehead atoms. The fourth-order valence-electron chi connectivity index (χ4n) is 2.67. The van der Waals surface area contributed by atoms with E-state index >= 15 is 0 Å². The minimum Gasteiger partial charge on any atom is -0.310 e. The Bertz CT molecular complexity index is 577. The lowest BCUT2D eigenvalue weighted by Gasteiger charge is -2.25. The van der Waals surface area contributed by atoms with Crippen molar-refractivity contribution in [3.8, 4) is 0 Å². The highest BCUT2D eigenvalue weighted by atomic mass is 79.9. The van der Waals surface area contributed by atoms with Crippen LogP contribution in [-0.2, 0) is 9.84 Å². The van der Waals surface area contributed by atoms with Crippen LogP contribution in [-0.4, -0.2) is 26.5 Å². The highest BCUT2D eigenvalue weighted by Crippen LogP contribution is 2.36. The average Bonchev–Trinajstić information content (AvgIpc) is 2.74. The summed E-state index contributed by atoms with van der Waals surface area (Å²) < 4.78 is 24.4. The van der Waals surface area contributed by atoms with Crippen molar-refractivity contribution in [2.24, 2.45) is 5.92 Å². The lowest BCUT2D eigenvalue weighted by molar-refractivity contribution is 0.393. The molecule has 2 rings (SSSR count). The number of nitrogens with one attached hydrogen (secondary N) is 1. The first-order chi connectivity index (χ1) is 9.43. The summed E-state index contributed by atoms with van der Waals surface area (Å²) in [6.07, 6.45) is 1.70. The van der Waals surface area contributed by atoms with Crippen LogP contribution in [0.2, 0.25) is 5.02 Å². The van der Waals surface area contributed by atoms with Gasteiger partial charge in [0, 0.05) is 15.5 Å². The van der Waals surface area contributed by atoms with Crippen molar-refractivity contribution in [3.05, 3.63) is 33.3 Å². The number of benzene rings is 1. The standard InChI is InChI=1S/C14H19BrClNO2S/c1-2-6-17-14(10-5-7-20(18,19)9-10)12-8-11(15)3-4-13(12)16/h3-4,8,10,14,17H,2,5-7,9H2,1H3. The second-order valence-electron chi connectivity index (χ2n) is 5.26. The van der Waals surface area contributed by atoms with Crippen LogP contribution in [0, 0.1) is 5.92 Å². The van der Waals surface area contributed by atoms with Gasteiger partial charge in [0.25, 0.3) is 0 Å². The fraction of sp³-hybridized carbons (Fsp3) is 0.571. The highest BCUT2D eigenvalue weighted by Gasteiger charge is 2.35. The molecule has 1 saturated heterocycles. The van der Waals surface area contributed by atoms with Gasteiger partial charge < -0.3 is 5.32 Å². The van der Waals surface area contributed by atoms with E-state index in [0.29, 0.717) is 11.4 Å². The summed E-state index contributed by atoms with van der Waals surface area (Å²) in [5.41, 5.74) is 0.983. The van der Waals surface area contributed by atoms with E-state index in [1.54, 1.807) is 0 Å². The molecule has 0 spiro atoms. The molecule has 0 radical (unpaired) electrons. The van der Waals surface area contributed by atoms with Gasteiger partial charge in [0.2, 0.25) is 0 Å². The molecule has 1 aliphatic rings. The van der Waals surface area contributed by atoms with Crippen LogP contribution >= 0.6 is 27.5 Å². The highest BCUT2D eigenvalue weighted by molar-refractivity contribution is 9.10. The minimum atomic E-state index is -2.89. The molecule has 1 aliphatic heterocycles. The van der Waals surface area contributed by atoms with Crippen LogP contribution in [0.1, 0.15) is 31.4 Å². The fourth-order valence-corrected chi connectivity index (χ4v) is 5.12. The Morgan fingerprint density at radius 2 is 2.25 bits per heavy atom. The van der Waals surface area contributed by atoms with Crippen molar-refractivity contribution < 1.29 is 8.42 Å². The zero-order chi connectivity index (χ0) is 14.8. The molecule has 0 aliphatic carbocycles. The maximum atomic E-state index is 11.7. The zero-order valence-electron chi connectivity index (χ0n) is 11.4. The third-order valence-electron chi connectivity index (χ3n) is 3.65. The molecule has 2 atom stereocenters. The smallest absolute Gasteiger partial charge is 0.150 e. The molecule has 0 amide bonds. The molecule has 112 valence electrons. The van der Waals surface area contributed by atoms with E-state index in [2.05, 4.69) is 28.2 Å². The van der Waals surface area contributed by atoms with E-state index < -0.39 is 9.84 Å². The number of sulfone groups is 1.